The molecule has 0 aromatic rings. The van der Waals surface area contributed by atoms with Gasteiger partial charge in [-0.25, -0.2) is 4.57 Å². The molecule has 0 saturated heterocycles. The molecule has 8 nitrogen and oxygen atoms in total. The third-order valence-corrected chi connectivity index (χ3v) is 8.18. The summed E-state index contributed by atoms with van der Waals surface area (Å²) in [6.07, 6.45) is 36.1. The molecule has 0 bridgehead atoms. The van der Waals surface area contributed by atoms with Crippen LogP contribution in [0.15, 0.2) is 48.6 Å². The number of phosphoric acid groups is 1. The van der Waals surface area contributed by atoms with Crippen molar-refractivity contribution in [3.05, 3.63) is 48.6 Å². The lowest BCUT2D eigenvalue weighted by Crippen LogP contribution is -2.45. The number of nitrogens with two attached hydrogens (primary N) is 1. The Morgan fingerprint density at radius 2 is 1.30 bits per heavy atom. The molecule has 0 aliphatic rings. The first-order chi connectivity index (χ1) is 21.4. The monoisotopic (exact) mass is 640 g/mol. The average Bonchev–Trinajstić information content (AvgIpc) is 3.01. The number of rotatable bonds is 31. The summed E-state index contributed by atoms with van der Waals surface area (Å²) in [5, 5.41) is 13.5. The summed E-state index contributed by atoms with van der Waals surface area (Å²) in [5.74, 6) is -0.223. The summed E-state index contributed by atoms with van der Waals surface area (Å²) < 4.78 is 21.9. The first-order valence-corrected chi connectivity index (χ1v) is 18.7. The molecule has 1 amide bonds. The summed E-state index contributed by atoms with van der Waals surface area (Å²) in [6.45, 7) is 3.83. The largest absolute Gasteiger partial charge is 0.472 e. The zero-order valence-electron chi connectivity index (χ0n) is 27.9. The van der Waals surface area contributed by atoms with Crippen molar-refractivity contribution in [1.29, 1.82) is 0 Å². The highest BCUT2D eigenvalue weighted by Gasteiger charge is 2.26. The molecule has 5 N–H and O–H groups in total. The van der Waals surface area contributed by atoms with Crippen molar-refractivity contribution in [1.82, 2.24) is 5.32 Å². The number of hydrogen-bond donors (Lipinski definition) is 4. The van der Waals surface area contributed by atoms with Crippen molar-refractivity contribution in [3.63, 3.8) is 0 Å². The number of phosphoric ester groups is 1. The standard InChI is InChI=1S/C35H65N2O6P/c1-3-5-7-9-11-13-14-15-16-17-18-19-21-23-25-27-29-35(39)37-33(32-43-44(40,41)42-31-30-36)34(38)28-26-24-22-20-12-10-8-6-4-2/h4,6,12,16-17,20,26,28,33-34,38H,3,5,7-11,13-15,18-19,21-25,27,29-32,36H2,1-2H3,(H,37,39)(H,40,41)/b6-4+,17-16-,20-12+,28-26+. The average molecular weight is 641 g/mol. The van der Waals surface area contributed by atoms with Gasteiger partial charge in [-0.15, -0.1) is 0 Å². The fourth-order valence-electron chi connectivity index (χ4n) is 4.57. The molecule has 0 aromatic heterocycles. The van der Waals surface area contributed by atoms with Gasteiger partial charge in [-0.05, 0) is 64.7 Å². The number of carbonyl (C=O) groups excluding carboxylic acids is 1. The molecular weight excluding hydrogens is 575 g/mol. The van der Waals surface area contributed by atoms with E-state index >= 15 is 0 Å². The van der Waals surface area contributed by atoms with Gasteiger partial charge >= 0.3 is 7.82 Å². The second-order valence-corrected chi connectivity index (χ2v) is 12.8. The van der Waals surface area contributed by atoms with Gasteiger partial charge in [-0.3, -0.25) is 13.8 Å². The predicted molar refractivity (Wildman–Crippen MR) is 184 cm³/mol. The minimum atomic E-state index is -4.34. The summed E-state index contributed by atoms with van der Waals surface area (Å²) in [7, 11) is -4.34. The number of nitrogens with one attached hydrogen (secondary N) is 1. The third kappa shape index (κ3) is 29.2. The molecule has 3 atom stereocenters. The van der Waals surface area contributed by atoms with Gasteiger partial charge in [0.05, 0.1) is 25.4 Å². The lowest BCUT2D eigenvalue weighted by atomic mass is 10.1. The topological polar surface area (TPSA) is 131 Å². The van der Waals surface area contributed by atoms with Crippen LogP contribution >= 0.6 is 7.82 Å². The number of unbranched alkanes of at least 4 members (excludes halogenated alkanes) is 14. The van der Waals surface area contributed by atoms with Crippen LogP contribution in [0, 0.1) is 0 Å². The molecule has 0 spiro atoms. The minimum Gasteiger partial charge on any atom is -0.387 e. The molecular formula is C35H65N2O6P. The Labute approximate surface area is 269 Å². The van der Waals surface area contributed by atoms with E-state index in [0.717, 1.165) is 64.2 Å². The van der Waals surface area contributed by atoms with E-state index in [2.05, 4.69) is 42.6 Å². The van der Waals surface area contributed by atoms with Crippen molar-refractivity contribution in [2.24, 2.45) is 5.73 Å². The van der Waals surface area contributed by atoms with Crippen molar-refractivity contribution in [3.8, 4) is 0 Å². The lowest BCUT2D eigenvalue weighted by molar-refractivity contribution is -0.123. The van der Waals surface area contributed by atoms with Gasteiger partial charge in [0.1, 0.15) is 0 Å². The van der Waals surface area contributed by atoms with Gasteiger partial charge in [0, 0.05) is 13.0 Å². The van der Waals surface area contributed by atoms with Gasteiger partial charge < -0.3 is 21.1 Å². The Morgan fingerprint density at radius 3 is 1.89 bits per heavy atom. The zero-order chi connectivity index (χ0) is 32.6. The highest BCUT2D eigenvalue weighted by atomic mass is 31.2. The summed E-state index contributed by atoms with van der Waals surface area (Å²) in [5.41, 5.74) is 5.33. The zero-order valence-corrected chi connectivity index (χ0v) is 28.8. The fraction of sp³-hybridized carbons (Fsp3) is 0.743. The third-order valence-electron chi connectivity index (χ3n) is 7.20. The highest BCUT2D eigenvalue weighted by Crippen LogP contribution is 2.43. The Hall–Kier alpha value is -1.54. The highest BCUT2D eigenvalue weighted by molar-refractivity contribution is 7.47. The second-order valence-electron chi connectivity index (χ2n) is 11.4. The molecule has 3 unspecified atom stereocenters. The number of aliphatic hydroxyl groups excluding tert-OH is 1. The van der Waals surface area contributed by atoms with Crippen LogP contribution in [0.1, 0.15) is 136 Å². The maximum atomic E-state index is 12.6. The number of hydrogen-bond acceptors (Lipinski definition) is 6. The van der Waals surface area contributed by atoms with Crippen LogP contribution in [-0.2, 0) is 18.4 Å². The number of aliphatic hydroxyl groups is 1. The van der Waals surface area contributed by atoms with E-state index in [1.54, 1.807) is 6.08 Å². The maximum Gasteiger partial charge on any atom is 0.472 e. The molecule has 0 fully saturated rings. The van der Waals surface area contributed by atoms with Gasteiger partial charge in [-0.1, -0.05) is 113 Å². The molecule has 9 heteroatoms. The number of allylic oxidation sites excluding steroid dienone is 7. The second kappa shape index (κ2) is 31.4. The lowest BCUT2D eigenvalue weighted by Gasteiger charge is -2.23. The molecule has 0 saturated carbocycles. The van der Waals surface area contributed by atoms with E-state index in [1.165, 1.54) is 51.4 Å². The van der Waals surface area contributed by atoms with E-state index in [1.807, 2.05) is 19.1 Å². The van der Waals surface area contributed by atoms with Crippen molar-refractivity contribution in [2.45, 2.75) is 148 Å². The number of amides is 1. The smallest absolute Gasteiger partial charge is 0.387 e. The Kier molecular flexibility index (Phi) is 30.3. The van der Waals surface area contributed by atoms with E-state index < -0.39 is 20.0 Å². The van der Waals surface area contributed by atoms with Crippen molar-refractivity contribution >= 4 is 13.7 Å². The summed E-state index contributed by atoms with van der Waals surface area (Å²) in [4.78, 5) is 22.5. The Balaban J connectivity index is 4.35. The van der Waals surface area contributed by atoms with Crippen LogP contribution in [0.3, 0.4) is 0 Å². The molecule has 0 heterocycles. The van der Waals surface area contributed by atoms with E-state index in [9.17, 15) is 19.4 Å². The normalized spacial score (nSPS) is 15.1. The Morgan fingerprint density at radius 1 is 0.773 bits per heavy atom. The quantitative estimate of drug-likeness (QED) is 0.0339. The molecule has 0 radical (unpaired) electrons. The van der Waals surface area contributed by atoms with Gasteiger partial charge in [0.2, 0.25) is 5.91 Å². The Bertz CT molecular complexity index is 830. The van der Waals surface area contributed by atoms with Crippen LogP contribution in [-0.4, -0.2) is 47.8 Å². The fourth-order valence-corrected chi connectivity index (χ4v) is 5.33. The minimum absolute atomic E-state index is 0.0686. The molecule has 0 aliphatic carbocycles. The van der Waals surface area contributed by atoms with Crippen LogP contribution in [0.2, 0.25) is 0 Å². The van der Waals surface area contributed by atoms with Gasteiger partial charge in [0.25, 0.3) is 0 Å². The molecule has 0 aromatic carbocycles. The van der Waals surface area contributed by atoms with Gasteiger partial charge in [0.15, 0.2) is 0 Å². The van der Waals surface area contributed by atoms with Crippen LogP contribution in [0.4, 0.5) is 0 Å². The van der Waals surface area contributed by atoms with Crippen LogP contribution in [0.5, 0.6) is 0 Å². The summed E-state index contributed by atoms with van der Waals surface area (Å²) in [6, 6.07) is -0.884. The molecule has 0 aliphatic heterocycles. The first kappa shape index (κ1) is 42.5. The van der Waals surface area contributed by atoms with E-state index in [0.29, 0.717) is 6.42 Å². The van der Waals surface area contributed by atoms with E-state index in [4.69, 9.17) is 14.8 Å². The maximum absolute atomic E-state index is 12.6. The predicted octanol–water partition coefficient (Wildman–Crippen LogP) is 8.60. The van der Waals surface area contributed by atoms with Crippen molar-refractivity contribution in [2.75, 3.05) is 19.8 Å². The summed E-state index contributed by atoms with van der Waals surface area (Å²) >= 11 is 0. The number of carbonyl (C=O) groups is 1. The van der Waals surface area contributed by atoms with Crippen LogP contribution in [0.25, 0.3) is 0 Å². The van der Waals surface area contributed by atoms with Crippen molar-refractivity contribution < 1.29 is 28.4 Å². The van der Waals surface area contributed by atoms with Crippen LogP contribution < -0.4 is 11.1 Å². The van der Waals surface area contributed by atoms with E-state index in [-0.39, 0.29) is 25.7 Å². The van der Waals surface area contributed by atoms with Gasteiger partial charge in [-0.2, -0.15) is 0 Å². The first-order valence-electron chi connectivity index (χ1n) is 17.2. The molecule has 44 heavy (non-hydrogen) atoms. The molecule has 0 rings (SSSR count). The molecule has 256 valence electrons. The SMILES string of the molecule is C/C=C/CC/C=C/CC/C=C/C(O)C(COP(=O)(O)OCCN)NC(=O)CCCCCCC/C=C\CCCCCCCCC.